The highest BCUT2D eigenvalue weighted by atomic mass is 35.5. The fourth-order valence-corrected chi connectivity index (χ4v) is 3.60. The van der Waals surface area contributed by atoms with E-state index in [9.17, 15) is 9.59 Å². The second-order valence-electron chi connectivity index (χ2n) is 7.60. The molecule has 2 aromatic rings. The maximum Gasteiger partial charge on any atom is 0.261 e. The van der Waals surface area contributed by atoms with Gasteiger partial charge in [-0.2, -0.15) is 0 Å². The molecule has 0 saturated heterocycles. The Hall–Kier alpha value is -2.24. The molecule has 0 heterocycles. The predicted molar refractivity (Wildman–Crippen MR) is 126 cm³/mol. The number of ether oxygens (including phenoxy) is 1. The molecular weight excluding hydrogens is 435 g/mol. The lowest BCUT2D eigenvalue weighted by Gasteiger charge is -2.31. The summed E-state index contributed by atoms with van der Waals surface area (Å²) in [6.07, 6.45) is 1.26. The maximum atomic E-state index is 13.2. The first-order valence-corrected chi connectivity index (χ1v) is 11.2. The second-order valence-corrected chi connectivity index (χ2v) is 8.45. The van der Waals surface area contributed by atoms with Crippen molar-refractivity contribution in [3.63, 3.8) is 0 Å². The van der Waals surface area contributed by atoms with E-state index in [1.54, 1.807) is 24.3 Å². The van der Waals surface area contributed by atoms with Crippen LogP contribution >= 0.6 is 23.2 Å². The Morgan fingerprint density at radius 1 is 1.10 bits per heavy atom. The zero-order chi connectivity index (χ0) is 23.0. The summed E-state index contributed by atoms with van der Waals surface area (Å²) in [7, 11) is 0. The number of nitrogens with one attached hydrogen (secondary N) is 1. The number of rotatable bonds is 10. The summed E-state index contributed by atoms with van der Waals surface area (Å²) < 4.78 is 5.72. The molecule has 0 fully saturated rings. The Morgan fingerprint density at radius 2 is 1.84 bits per heavy atom. The van der Waals surface area contributed by atoms with E-state index in [-0.39, 0.29) is 31.0 Å². The minimum atomic E-state index is -0.644. The van der Waals surface area contributed by atoms with Gasteiger partial charge in [0.1, 0.15) is 11.8 Å². The van der Waals surface area contributed by atoms with Gasteiger partial charge in [-0.05, 0) is 62.1 Å². The highest BCUT2D eigenvalue weighted by Crippen LogP contribution is 2.24. The molecule has 0 aliphatic carbocycles. The van der Waals surface area contributed by atoms with Crippen molar-refractivity contribution in [2.75, 3.05) is 6.61 Å². The first-order chi connectivity index (χ1) is 14.7. The zero-order valence-electron chi connectivity index (χ0n) is 18.5. The van der Waals surface area contributed by atoms with E-state index < -0.39 is 6.04 Å². The van der Waals surface area contributed by atoms with E-state index in [4.69, 9.17) is 27.9 Å². The van der Waals surface area contributed by atoms with E-state index in [2.05, 4.69) is 5.32 Å². The summed E-state index contributed by atoms with van der Waals surface area (Å²) in [6.45, 7) is 7.77. The van der Waals surface area contributed by atoms with E-state index in [0.29, 0.717) is 27.8 Å². The van der Waals surface area contributed by atoms with Gasteiger partial charge in [-0.1, -0.05) is 55.2 Å². The number of hydrogen-bond donors (Lipinski definition) is 1. The Labute approximate surface area is 194 Å². The number of amides is 2. The van der Waals surface area contributed by atoms with Crippen LogP contribution in [0.3, 0.4) is 0 Å². The van der Waals surface area contributed by atoms with Crippen molar-refractivity contribution in [1.29, 1.82) is 0 Å². The number of carbonyl (C=O) groups is 2. The molecule has 2 rings (SSSR count). The van der Waals surface area contributed by atoms with Gasteiger partial charge in [0, 0.05) is 22.6 Å². The fraction of sp³-hybridized carbons (Fsp3) is 0.417. The van der Waals surface area contributed by atoms with Crippen molar-refractivity contribution in [1.82, 2.24) is 10.2 Å². The maximum absolute atomic E-state index is 13.2. The number of aryl methyl sites for hydroxylation is 1. The van der Waals surface area contributed by atoms with E-state index in [1.165, 1.54) is 4.90 Å². The smallest absolute Gasteiger partial charge is 0.261 e. The Morgan fingerprint density at radius 3 is 2.45 bits per heavy atom. The van der Waals surface area contributed by atoms with Crippen LogP contribution in [0.25, 0.3) is 0 Å². The third kappa shape index (κ3) is 7.44. The molecule has 0 bridgehead atoms. The lowest BCUT2D eigenvalue weighted by molar-refractivity contribution is -0.143. The van der Waals surface area contributed by atoms with Gasteiger partial charge in [0.25, 0.3) is 5.91 Å². The van der Waals surface area contributed by atoms with Crippen molar-refractivity contribution >= 4 is 35.0 Å². The molecular formula is C24H30Cl2N2O3. The Kier molecular flexibility index (Phi) is 9.66. The van der Waals surface area contributed by atoms with Crippen LogP contribution in [0.15, 0.2) is 42.5 Å². The first kappa shape index (κ1) is 25.0. The predicted octanol–water partition coefficient (Wildman–Crippen LogP) is 5.40. The molecule has 0 unspecified atom stereocenters. The van der Waals surface area contributed by atoms with Gasteiger partial charge >= 0.3 is 0 Å². The largest absolute Gasteiger partial charge is 0.484 e. The molecule has 2 amide bonds. The molecule has 0 saturated carbocycles. The normalized spacial score (nSPS) is 12.7. The first-order valence-electron chi connectivity index (χ1n) is 10.5. The molecule has 7 heteroatoms. The van der Waals surface area contributed by atoms with E-state index in [1.807, 2.05) is 45.9 Å². The topological polar surface area (TPSA) is 58.6 Å². The second kappa shape index (κ2) is 12.0. The third-order valence-electron chi connectivity index (χ3n) is 5.09. The standard InChI is InChI=1S/C24H30Cl2N2O3/c1-5-17(4)27-24(30)22(6-2)28(14-18-10-11-19(25)13-21(18)26)23(29)15-31-20-9-7-8-16(3)12-20/h7-13,17,22H,5-6,14-15H2,1-4H3,(H,27,30)/t17-,22+/m1/s1. The molecule has 0 aromatic heterocycles. The average Bonchev–Trinajstić information content (AvgIpc) is 2.73. The van der Waals surface area contributed by atoms with Gasteiger partial charge in [-0.25, -0.2) is 0 Å². The SMILES string of the molecule is CC[C@@H](C)NC(=O)[C@H](CC)N(Cc1ccc(Cl)cc1Cl)C(=O)COc1cccc(C)c1. The minimum Gasteiger partial charge on any atom is -0.484 e. The average molecular weight is 465 g/mol. The lowest BCUT2D eigenvalue weighted by atomic mass is 10.1. The molecule has 31 heavy (non-hydrogen) atoms. The minimum absolute atomic E-state index is 0.0150. The van der Waals surface area contributed by atoms with Crippen LogP contribution in [0.5, 0.6) is 5.75 Å². The molecule has 0 aliphatic rings. The van der Waals surface area contributed by atoms with Crippen molar-refractivity contribution in [3.05, 3.63) is 63.6 Å². The molecule has 0 spiro atoms. The van der Waals surface area contributed by atoms with Crippen LogP contribution in [0.1, 0.15) is 44.7 Å². The van der Waals surface area contributed by atoms with Gasteiger partial charge < -0.3 is 15.0 Å². The Bertz CT molecular complexity index is 904. The van der Waals surface area contributed by atoms with E-state index >= 15 is 0 Å². The monoisotopic (exact) mass is 464 g/mol. The lowest BCUT2D eigenvalue weighted by Crippen LogP contribution is -2.51. The van der Waals surface area contributed by atoms with Gasteiger partial charge in [-0.15, -0.1) is 0 Å². The van der Waals surface area contributed by atoms with Crippen molar-refractivity contribution in [2.24, 2.45) is 0 Å². The van der Waals surface area contributed by atoms with Gasteiger partial charge in [0.05, 0.1) is 0 Å². The summed E-state index contributed by atoms with van der Waals surface area (Å²) in [5.74, 6) is 0.124. The molecule has 1 N–H and O–H groups in total. The number of nitrogens with zero attached hydrogens (tertiary/aromatic N) is 1. The molecule has 168 valence electrons. The molecule has 2 atom stereocenters. The highest BCUT2D eigenvalue weighted by molar-refractivity contribution is 6.35. The van der Waals surface area contributed by atoms with Gasteiger partial charge in [0.2, 0.25) is 5.91 Å². The summed E-state index contributed by atoms with van der Waals surface area (Å²) in [6, 6.07) is 12.0. The quantitative estimate of drug-likeness (QED) is 0.511. The van der Waals surface area contributed by atoms with Crippen LogP contribution in [-0.4, -0.2) is 35.4 Å². The number of halogens is 2. The molecule has 0 radical (unpaired) electrons. The third-order valence-corrected chi connectivity index (χ3v) is 5.68. The molecule has 5 nitrogen and oxygen atoms in total. The highest BCUT2D eigenvalue weighted by Gasteiger charge is 2.30. The van der Waals surface area contributed by atoms with Crippen LogP contribution in [0, 0.1) is 6.92 Å². The molecule has 0 aliphatic heterocycles. The van der Waals surface area contributed by atoms with Crippen molar-refractivity contribution in [2.45, 2.75) is 59.2 Å². The molecule has 2 aromatic carbocycles. The number of hydrogen-bond acceptors (Lipinski definition) is 3. The summed E-state index contributed by atoms with van der Waals surface area (Å²) in [5, 5.41) is 3.94. The van der Waals surface area contributed by atoms with Gasteiger partial charge in [0.15, 0.2) is 6.61 Å². The van der Waals surface area contributed by atoms with Crippen LogP contribution in [-0.2, 0) is 16.1 Å². The van der Waals surface area contributed by atoms with Crippen molar-refractivity contribution < 1.29 is 14.3 Å². The van der Waals surface area contributed by atoms with Crippen molar-refractivity contribution in [3.8, 4) is 5.75 Å². The Balaban J connectivity index is 2.26. The summed E-state index contributed by atoms with van der Waals surface area (Å²) in [5.41, 5.74) is 1.75. The van der Waals surface area contributed by atoms with Crippen LogP contribution in [0.4, 0.5) is 0 Å². The summed E-state index contributed by atoms with van der Waals surface area (Å²) in [4.78, 5) is 27.7. The van der Waals surface area contributed by atoms with Crippen LogP contribution in [0.2, 0.25) is 10.0 Å². The van der Waals surface area contributed by atoms with Gasteiger partial charge in [-0.3, -0.25) is 9.59 Å². The number of benzene rings is 2. The van der Waals surface area contributed by atoms with E-state index in [0.717, 1.165) is 12.0 Å². The zero-order valence-corrected chi connectivity index (χ0v) is 20.0. The number of carbonyl (C=O) groups excluding carboxylic acids is 2. The summed E-state index contributed by atoms with van der Waals surface area (Å²) >= 11 is 12.4. The van der Waals surface area contributed by atoms with Crippen LogP contribution < -0.4 is 10.1 Å². The fourth-order valence-electron chi connectivity index (χ4n) is 3.13.